The molecule has 150 valence electrons. The SMILES string of the molecule is COCc1nnc([C@]23CC[C@H]2CCN3C(=O)c2cc3ccccc3c(OC)n2)o1. The van der Waals surface area contributed by atoms with E-state index in [9.17, 15) is 4.79 Å². The highest BCUT2D eigenvalue weighted by molar-refractivity contribution is 5.98. The van der Waals surface area contributed by atoms with Gasteiger partial charge in [-0.05, 0) is 42.7 Å². The van der Waals surface area contributed by atoms with Crippen molar-refractivity contribution in [1.82, 2.24) is 20.1 Å². The lowest BCUT2D eigenvalue weighted by atomic mass is 9.67. The van der Waals surface area contributed by atoms with Gasteiger partial charge in [0, 0.05) is 19.0 Å². The Balaban J connectivity index is 1.54. The minimum absolute atomic E-state index is 0.136. The normalized spacial score (nSPS) is 23.1. The smallest absolute Gasteiger partial charge is 0.273 e. The lowest BCUT2D eigenvalue weighted by Gasteiger charge is -2.46. The highest BCUT2D eigenvalue weighted by Gasteiger charge is 2.61. The fourth-order valence-electron chi connectivity index (χ4n) is 4.71. The Bertz CT molecular complexity index is 1080. The summed E-state index contributed by atoms with van der Waals surface area (Å²) in [5, 5.41) is 10.1. The Morgan fingerprint density at radius 1 is 1.28 bits per heavy atom. The molecule has 3 aromatic rings. The summed E-state index contributed by atoms with van der Waals surface area (Å²) in [6, 6.07) is 9.58. The summed E-state index contributed by atoms with van der Waals surface area (Å²) in [5.41, 5.74) is -0.180. The average Bonchev–Trinajstić information content (AvgIpc) is 3.29. The number of aromatic nitrogens is 3. The molecular formula is C21H22N4O4. The minimum atomic E-state index is -0.545. The number of carbonyl (C=O) groups is 1. The first-order chi connectivity index (χ1) is 14.2. The minimum Gasteiger partial charge on any atom is -0.481 e. The van der Waals surface area contributed by atoms with Crippen molar-refractivity contribution in [3.63, 3.8) is 0 Å². The molecule has 0 radical (unpaired) electrons. The van der Waals surface area contributed by atoms with E-state index < -0.39 is 5.54 Å². The monoisotopic (exact) mass is 394 g/mol. The Hall–Kier alpha value is -3.00. The molecular weight excluding hydrogens is 372 g/mol. The van der Waals surface area contributed by atoms with Crippen molar-refractivity contribution in [3.05, 3.63) is 47.8 Å². The number of hydrogen-bond donors (Lipinski definition) is 0. The third kappa shape index (κ3) is 2.62. The second-order valence-electron chi connectivity index (χ2n) is 7.58. The van der Waals surface area contributed by atoms with E-state index in [-0.39, 0.29) is 12.5 Å². The van der Waals surface area contributed by atoms with E-state index in [0.29, 0.717) is 35.8 Å². The summed E-state index contributed by atoms with van der Waals surface area (Å²) in [5.74, 6) is 1.56. The maximum Gasteiger partial charge on any atom is 0.273 e. The van der Waals surface area contributed by atoms with Crippen molar-refractivity contribution in [3.8, 4) is 5.88 Å². The molecule has 0 bridgehead atoms. The Kier molecular flexibility index (Phi) is 4.24. The number of hydrogen-bond acceptors (Lipinski definition) is 7. The second kappa shape index (κ2) is 6.81. The van der Waals surface area contributed by atoms with Gasteiger partial charge in [0.2, 0.25) is 17.7 Å². The molecule has 0 N–H and O–H groups in total. The van der Waals surface area contributed by atoms with Crippen LogP contribution in [-0.4, -0.2) is 46.8 Å². The maximum atomic E-state index is 13.6. The standard InChI is InChI=1S/C21H22N4O4/c1-27-12-17-23-24-20(29-17)21-9-7-14(21)8-10-25(21)19(26)16-11-13-5-3-4-6-15(13)18(22-16)28-2/h3-6,11,14H,7-10,12H2,1-2H3/t14-,21-/m0/s1. The largest absolute Gasteiger partial charge is 0.481 e. The molecule has 2 aromatic heterocycles. The zero-order valence-corrected chi connectivity index (χ0v) is 16.4. The number of fused-ring (bicyclic) bond motifs is 2. The van der Waals surface area contributed by atoms with Gasteiger partial charge < -0.3 is 18.8 Å². The number of nitrogens with zero attached hydrogens (tertiary/aromatic N) is 4. The second-order valence-corrected chi connectivity index (χ2v) is 7.58. The van der Waals surface area contributed by atoms with Gasteiger partial charge >= 0.3 is 0 Å². The third-order valence-electron chi connectivity index (χ3n) is 6.20. The molecule has 5 rings (SSSR count). The Labute approximate surface area is 167 Å². The maximum absolute atomic E-state index is 13.6. The van der Waals surface area contributed by atoms with Crippen molar-refractivity contribution in [2.24, 2.45) is 5.92 Å². The molecule has 1 aliphatic heterocycles. The quantitative estimate of drug-likeness (QED) is 0.657. The van der Waals surface area contributed by atoms with Crippen molar-refractivity contribution in [2.75, 3.05) is 20.8 Å². The van der Waals surface area contributed by atoms with Crippen LogP contribution in [0, 0.1) is 5.92 Å². The molecule has 0 spiro atoms. The summed E-state index contributed by atoms with van der Waals surface area (Å²) >= 11 is 0. The number of amides is 1. The number of carbonyl (C=O) groups excluding carboxylic acids is 1. The molecule has 2 fully saturated rings. The van der Waals surface area contributed by atoms with Crippen molar-refractivity contribution in [1.29, 1.82) is 0 Å². The summed E-state index contributed by atoms with van der Waals surface area (Å²) < 4.78 is 16.4. The molecule has 2 atom stereocenters. The summed E-state index contributed by atoms with van der Waals surface area (Å²) in [7, 11) is 3.15. The number of benzene rings is 1. The average molecular weight is 394 g/mol. The van der Waals surface area contributed by atoms with E-state index in [1.807, 2.05) is 35.2 Å². The van der Waals surface area contributed by atoms with E-state index in [1.54, 1.807) is 14.2 Å². The molecule has 8 nitrogen and oxygen atoms in total. The number of pyridine rings is 1. The first-order valence-electron chi connectivity index (χ1n) is 9.75. The number of rotatable bonds is 5. The highest BCUT2D eigenvalue weighted by Crippen LogP contribution is 2.56. The van der Waals surface area contributed by atoms with Crippen LogP contribution >= 0.6 is 0 Å². The van der Waals surface area contributed by atoms with Gasteiger partial charge in [0.25, 0.3) is 5.91 Å². The van der Waals surface area contributed by atoms with Crippen LogP contribution in [-0.2, 0) is 16.9 Å². The van der Waals surface area contributed by atoms with Crippen LogP contribution < -0.4 is 4.74 Å². The van der Waals surface area contributed by atoms with Gasteiger partial charge in [0.15, 0.2) is 0 Å². The van der Waals surface area contributed by atoms with E-state index >= 15 is 0 Å². The first kappa shape index (κ1) is 18.1. The van der Waals surface area contributed by atoms with Gasteiger partial charge in [-0.25, -0.2) is 4.98 Å². The van der Waals surface area contributed by atoms with Crippen LogP contribution in [0.3, 0.4) is 0 Å². The van der Waals surface area contributed by atoms with Crippen LogP contribution in [0.25, 0.3) is 10.8 Å². The Morgan fingerprint density at radius 2 is 2.14 bits per heavy atom. The highest BCUT2D eigenvalue weighted by atomic mass is 16.5. The summed E-state index contributed by atoms with van der Waals surface area (Å²) in [6.45, 7) is 0.896. The van der Waals surface area contributed by atoms with E-state index in [4.69, 9.17) is 13.9 Å². The fourth-order valence-corrected chi connectivity index (χ4v) is 4.71. The molecule has 1 saturated heterocycles. The van der Waals surface area contributed by atoms with Gasteiger partial charge in [0.05, 0.1) is 7.11 Å². The molecule has 1 aliphatic carbocycles. The summed E-state index contributed by atoms with van der Waals surface area (Å²) in [4.78, 5) is 19.9. The lowest BCUT2D eigenvalue weighted by molar-refractivity contribution is -0.00497. The molecule has 2 aliphatic rings. The van der Waals surface area contributed by atoms with Gasteiger partial charge in [0.1, 0.15) is 17.8 Å². The van der Waals surface area contributed by atoms with E-state index in [0.717, 1.165) is 30.0 Å². The van der Waals surface area contributed by atoms with Gasteiger partial charge in [-0.3, -0.25) is 4.79 Å². The molecule has 0 unspecified atom stereocenters. The topological polar surface area (TPSA) is 90.6 Å². The van der Waals surface area contributed by atoms with Gasteiger partial charge in [-0.15, -0.1) is 10.2 Å². The zero-order chi connectivity index (χ0) is 20.0. The van der Waals surface area contributed by atoms with Crippen molar-refractivity contribution < 1.29 is 18.7 Å². The molecule has 1 aromatic carbocycles. The van der Waals surface area contributed by atoms with Crippen LogP contribution in [0.1, 0.15) is 41.5 Å². The Morgan fingerprint density at radius 3 is 2.90 bits per heavy atom. The molecule has 1 amide bonds. The fraction of sp³-hybridized carbons (Fsp3) is 0.429. The van der Waals surface area contributed by atoms with E-state index in [2.05, 4.69) is 15.2 Å². The van der Waals surface area contributed by atoms with Crippen LogP contribution in [0.2, 0.25) is 0 Å². The third-order valence-corrected chi connectivity index (χ3v) is 6.20. The van der Waals surface area contributed by atoms with Gasteiger partial charge in [-0.2, -0.15) is 0 Å². The zero-order valence-electron chi connectivity index (χ0n) is 16.4. The lowest BCUT2D eigenvalue weighted by Crippen LogP contribution is -2.54. The number of likely N-dealkylation sites (tertiary alicyclic amines) is 1. The van der Waals surface area contributed by atoms with Crippen LogP contribution in [0.4, 0.5) is 0 Å². The first-order valence-corrected chi connectivity index (χ1v) is 9.75. The van der Waals surface area contributed by atoms with Crippen LogP contribution in [0.15, 0.2) is 34.7 Å². The van der Waals surface area contributed by atoms with Gasteiger partial charge in [-0.1, -0.05) is 18.2 Å². The predicted octanol–water partition coefficient (Wildman–Crippen LogP) is 2.92. The number of methoxy groups -OCH3 is 2. The van der Waals surface area contributed by atoms with E-state index in [1.165, 1.54) is 0 Å². The van der Waals surface area contributed by atoms with Crippen molar-refractivity contribution in [2.45, 2.75) is 31.4 Å². The summed E-state index contributed by atoms with van der Waals surface area (Å²) in [6.07, 6.45) is 2.77. The van der Waals surface area contributed by atoms with Crippen LogP contribution in [0.5, 0.6) is 5.88 Å². The number of ether oxygens (including phenoxy) is 2. The molecule has 8 heteroatoms. The molecule has 1 saturated carbocycles. The predicted molar refractivity (Wildman–Crippen MR) is 103 cm³/mol. The molecule has 3 heterocycles. The van der Waals surface area contributed by atoms with Crippen molar-refractivity contribution >= 4 is 16.7 Å². The molecule has 29 heavy (non-hydrogen) atoms.